The summed E-state index contributed by atoms with van der Waals surface area (Å²) in [7, 11) is 0. The second-order valence-electron chi connectivity index (χ2n) is 11.7. The summed E-state index contributed by atoms with van der Waals surface area (Å²) in [6.45, 7) is 8.03. The van der Waals surface area contributed by atoms with E-state index in [0.29, 0.717) is 12.3 Å². The van der Waals surface area contributed by atoms with Crippen molar-refractivity contribution in [2.45, 2.75) is 128 Å². The molecule has 0 spiro atoms. The fraction of sp³-hybridized carbons (Fsp3) is 0.781. The number of hydrogen-bond donors (Lipinski definition) is 1. The van der Waals surface area contributed by atoms with E-state index in [2.05, 4.69) is 51.2 Å². The molecule has 222 valence electrons. The molecule has 3 unspecified atom stereocenters. The molecule has 6 nitrogen and oxygen atoms in total. The van der Waals surface area contributed by atoms with Crippen molar-refractivity contribution in [1.82, 2.24) is 0 Å². The molecule has 0 aromatic carbocycles. The van der Waals surface area contributed by atoms with Crippen molar-refractivity contribution >= 4 is 17.6 Å². The SMILES string of the molecule is CC(C)=CCC(C)[C@@H](/C=C/[C@@H]1[C@@H](C/C=C\CCCC(=O)O)[C@H](Cl)C[C@H]1OC1CCCCO1)OC1CCCCO1. The largest absolute Gasteiger partial charge is 0.481 e. The second kappa shape index (κ2) is 17.6. The van der Waals surface area contributed by atoms with Crippen molar-refractivity contribution in [3.05, 3.63) is 36.0 Å². The number of carbonyl (C=O) groups is 1. The van der Waals surface area contributed by atoms with Crippen LogP contribution in [0.2, 0.25) is 0 Å². The lowest BCUT2D eigenvalue weighted by molar-refractivity contribution is -0.193. The Hall–Kier alpha value is -1.18. The van der Waals surface area contributed by atoms with Gasteiger partial charge in [-0.3, -0.25) is 4.79 Å². The third-order valence-corrected chi connectivity index (χ3v) is 8.58. The van der Waals surface area contributed by atoms with Gasteiger partial charge in [-0.25, -0.2) is 0 Å². The number of halogens is 1. The summed E-state index contributed by atoms with van der Waals surface area (Å²) >= 11 is 6.96. The molecule has 39 heavy (non-hydrogen) atoms. The molecule has 0 amide bonds. The van der Waals surface area contributed by atoms with Gasteiger partial charge in [-0.1, -0.05) is 42.9 Å². The lowest BCUT2D eigenvalue weighted by Crippen LogP contribution is -2.32. The Morgan fingerprint density at radius 3 is 2.44 bits per heavy atom. The van der Waals surface area contributed by atoms with Crippen LogP contribution in [0.1, 0.15) is 97.8 Å². The molecule has 7 heteroatoms. The number of rotatable bonds is 15. The monoisotopic (exact) mass is 566 g/mol. The smallest absolute Gasteiger partial charge is 0.303 e. The van der Waals surface area contributed by atoms with Gasteiger partial charge in [0, 0.05) is 30.9 Å². The summed E-state index contributed by atoms with van der Waals surface area (Å²) in [6, 6.07) is 0. The summed E-state index contributed by atoms with van der Waals surface area (Å²) < 4.78 is 24.9. The molecule has 0 radical (unpaired) electrons. The van der Waals surface area contributed by atoms with Crippen LogP contribution in [0.5, 0.6) is 0 Å². The third kappa shape index (κ3) is 11.7. The van der Waals surface area contributed by atoms with Crippen LogP contribution in [0, 0.1) is 17.8 Å². The number of aliphatic carboxylic acids is 1. The minimum absolute atomic E-state index is 0.000976. The van der Waals surface area contributed by atoms with Crippen LogP contribution in [0.15, 0.2) is 36.0 Å². The molecule has 0 aromatic heterocycles. The lowest BCUT2D eigenvalue weighted by atomic mass is 9.89. The number of hydrogen-bond acceptors (Lipinski definition) is 5. The highest BCUT2D eigenvalue weighted by Gasteiger charge is 2.42. The molecule has 3 rings (SSSR count). The average Bonchev–Trinajstić information content (AvgIpc) is 3.21. The molecule has 0 bridgehead atoms. The van der Waals surface area contributed by atoms with Crippen LogP contribution >= 0.6 is 11.6 Å². The van der Waals surface area contributed by atoms with Gasteiger partial charge >= 0.3 is 5.97 Å². The number of allylic oxidation sites excluding steroid dienone is 4. The number of ether oxygens (including phenoxy) is 4. The van der Waals surface area contributed by atoms with E-state index in [0.717, 1.165) is 77.4 Å². The Kier molecular flexibility index (Phi) is 14.6. The molecule has 3 fully saturated rings. The van der Waals surface area contributed by atoms with Crippen molar-refractivity contribution in [1.29, 1.82) is 0 Å². The van der Waals surface area contributed by atoms with Crippen LogP contribution < -0.4 is 0 Å². The first kappa shape index (κ1) is 32.3. The van der Waals surface area contributed by atoms with E-state index in [9.17, 15) is 4.79 Å². The molecular weight excluding hydrogens is 516 g/mol. The van der Waals surface area contributed by atoms with E-state index in [1.54, 1.807) is 0 Å². The molecule has 2 aliphatic heterocycles. The highest BCUT2D eigenvalue weighted by atomic mass is 35.5. The summed E-state index contributed by atoms with van der Waals surface area (Å²) in [5.74, 6) is -0.0597. The maximum Gasteiger partial charge on any atom is 0.303 e. The van der Waals surface area contributed by atoms with Crippen LogP contribution in [-0.2, 0) is 23.7 Å². The van der Waals surface area contributed by atoms with E-state index >= 15 is 0 Å². The zero-order valence-electron chi connectivity index (χ0n) is 24.3. The molecule has 2 heterocycles. The first-order valence-electron chi connectivity index (χ1n) is 15.2. The van der Waals surface area contributed by atoms with E-state index < -0.39 is 5.97 Å². The van der Waals surface area contributed by atoms with Crippen molar-refractivity contribution in [2.24, 2.45) is 17.8 Å². The van der Waals surface area contributed by atoms with Gasteiger partial charge in [-0.05, 0) is 96.3 Å². The van der Waals surface area contributed by atoms with Crippen LogP contribution in [-0.4, -0.2) is 54.5 Å². The normalized spacial score (nSPS) is 31.5. The highest BCUT2D eigenvalue weighted by Crippen LogP contribution is 2.42. The van der Waals surface area contributed by atoms with E-state index in [1.807, 2.05) is 0 Å². The molecule has 1 saturated carbocycles. The van der Waals surface area contributed by atoms with Gasteiger partial charge in [0.1, 0.15) is 0 Å². The van der Waals surface area contributed by atoms with Gasteiger partial charge in [0.25, 0.3) is 0 Å². The standard InChI is InChI=1S/C32H51ClO6/c1-23(2)16-17-24(3)28(38-31-14-8-10-20-36-31)19-18-26-25(12-6-4-5-7-13-30(34)35)27(33)22-29(26)39-32-15-9-11-21-37-32/h4,6,16,18-19,24-29,31-32H,5,7-15,17,20-22H2,1-3H3,(H,34,35)/b6-4-,19-18+/t24?,25-,26-,27-,28-,29-,31?,32?/m1/s1. The van der Waals surface area contributed by atoms with Gasteiger partial charge in [-0.15, -0.1) is 11.6 Å². The van der Waals surface area contributed by atoms with Crippen molar-refractivity contribution in [2.75, 3.05) is 13.2 Å². The maximum atomic E-state index is 10.8. The molecule has 2 saturated heterocycles. The first-order chi connectivity index (χ1) is 18.8. The summed E-state index contributed by atoms with van der Waals surface area (Å²) in [5, 5.41) is 8.89. The van der Waals surface area contributed by atoms with Crippen LogP contribution in [0.3, 0.4) is 0 Å². The van der Waals surface area contributed by atoms with E-state index in [-0.39, 0.29) is 48.4 Å². The number of carboxylic acids is 1. The molecule has 1 aliphatic carbocycles. The predicted octanol–water partition coefficient (Wildman–Crippen LogP) is 7.80. The van der Waals surface area contributed by atoms with E-state index in [4.69, 9.17) is 35.7 Å². The Morgan fingerprint density at radius 1 is 1.08 bits per heavy atom. The van der Waals surface area contributed by atoms with Crippen molar-refractivity contribution in [3.8, 4) is 0 Å². The molecule has 3 aliphatic rings. The number of alkyl halides is 1. The summed E-state index contributed by atoms with van der Waals surface area (Å²) in [4.78, 5) is 10.8. The predicted molar refractivity (Wildman–Crippen MR) is 156 cm³/mol. The fourth-order valence-corrected chi connectivity index (χ4v) is 6.15. The maximum absolute atomic E-state index is 10.8. The average molecular weight is 567 g/mol. The Morgan fingerprint density at radius 2 is 1.79 bits per heavy atom. The summed E-state index contributed by atoms with van der Waals surface area (Å²) in [5.41, 5.74) is 1.32. The highest BCUT2D eigenvalue weighted by molar-refractivity contribution is 6.21. The summed E-state index contributed by atoms with van der Waals surface area (Å²) in [6.07, 6.45) is 21.2. The minimum Gasteiger partial charge on any atom is -0.481 e. The van der Waals surface area contributed by atoms with Gasteiger partial charge < -0.3 is 24.1 Å². The Balaban J connectivity index is 1.73. The molecule has 8 atom stereocenters. The quantitative estimate of drug-likeness (QED) is 0.124. The van der Waals surface area contributed by atoms with Crippen LogP contribution in [0.25, 0.3) is 0 Å². The molecule has 1 N–H and O–H groups in total. The number of unbranched alkanes of at least 4 members (excludes halogenated alkanes) is 1. The molecule has 0 aromatic rings. The number of carboxylic acid groups (broad SMARTS) is 1. The van der Waals surface area contributed by atoms with Gasteiger partial charge in [0.2, 0.25) is 0 Å². The molecular formula is C32H51ClO6. The van der Waals surface area contributed by atoms with Crippen molar-refractivity contribution in [3.63, 3.8) is 0 Å². The van der Waals surface area contributed by atoms with Gasteiger partial charge in [-0.2, -0.15) is 0 Å². The fourth-order valence-electron chi connectivity index (χ4n) is 5.70. The Labute approximate surface area is 241 Å². The lowest BCUT2D eigenvalue weighted by Gasteiger charge is -2.31. The topological polar surface area (TPSA) is 74.2 Å². The minimum atomic E-state index is -0.746. The Bertz CT molecular complexity index is 794. The van der Waals surface area contributed by atoms with Crippen LogP contribution in [0.4, 0.5) is 0 Å². The second-order valence-corrected chi connectivity index (χ2v) is 12.3. The van der Waals surface area contributed by atoms with E-state index in [1.165, 1.54) is 5.57 Å². The van der Waals surface area contributed by atoms with Gasteiger partial charge in [0.05, 0.1) is 12.2 Å². The zero-order valence-corrected chi connectivity index (χ0v) is 25.0. The first-order valence-corrected chi connectivity index (χ1v) is 15.6. The van der Waals surface area contributed by atoms with Crippen molar-refractivity contribution < 1.29 is 28.8 Å². The van der Waals surface area contributed by atoms with Gasteiger partial charge in [0.15, 0.2) is 12.6 Å². The zero-order chi connectivity index (χ0) is 28.0. The third-order valence-electron chi connectivity index (χ3n) is 8.08.